The Morgan fingerprint density at radius 2 is 2.11 bits per heavy atom. The highest BCUT2D eigenvalue weighted by atomic mass is 16.5. The lowest BCUT2D eigenvalue weighted by atomic mass is 9.46. The molecule has 146 valence electrons. The van der Waals surface area contributed by atoms with Crippen molar-refractivity contribution in [2.45, 2.75) is 57.5 Å². The topological polar surface area (TPSA) is 53.3 Å². The summed E-state index contributed by atoms with van der Waals surface area (Å²) >= 11 is 0. The lowest BCUT2D eigenvalue weighted by molar-refractivity contribution is -0.145. The summed E-state index contributed by atoms with van der Waals surface area (Å²) in [5.74, 6) is 4.83. The number of nitrogens with one attached hydrogen (secondary N) is 1. The van der Waals surface area contributed by atoms with Gasteiger partial charge in [0.25, 0.3) is 0 Å². The maximum absolute atomic E-state index is 10.2. The van der Waals surface area contributed by atoms with Gasteiger partial charge in [0.05, 0.1) is 12.2 Å². The van der Waals surface area contributed by atoms with Crippen molar-refractivity contribution in [3.05, 3.63) is 23.8 Å². The van der Waals surface area contributed by atoms with Crippen molar-refractivity contribution < 1.29 is 9.84 Å². The molecule has 0 bridgehead atoms. The van der Waals surface area contributed by atoms with Crippen LogP contribution in [-0.4, -0.2) is 29.6 Å². The lowest BCUT2D eigenvalue weighted by Crippen LogP contribution is -2.56. The average Bonchev–Trinajstić information content (AvgIpc) is 3.25. The van der Waals surface area contributed by atoms with Gasteiger partial charge >= 0.3 is 0 Å². The maximum atomic E-state index is 10.2. The van der Waals surface area contributed by atoms with E-state index < -0.39 is 0 Å². The number of rotatable bonds is 2. The number of hydrogen-bond donors (Lipinski definition) is 2. The van der Waals surface area contributed by atoms with Crippen molar-refractivity contribution in [1.82, 2.24) is 0 Å². The zero-order valence-corrected chi connectivity index (χ0v) is 16.5. The van der Waals surface area contributed by atoms with Gasteiger partial charge in [-0.2, -0.15) is 0 Å². The van der Waals surface area contributed by atoms with Gasteiger partial charge < -0.3 is 15.3 Å². The van der Waals surface area contributed by atoms with Crippen molar-refractivity contribution in [1.29, 1.82) is 5.41 Å². The molecule has 3 heteroatoms. The third-order valence-corrected chi connectivity index (χ3v) is 9.88. The van der Waals surface area contributed by atoms with Crippen LogP contribution in [0.15, 0.2) is 23.8 Å². The molecular formula is C24H33NO2. The molecule has 1 spiro atoms. The van der Waals surface area contributed by atoms with Gasteiger partial charge in [-0.15, -0.1) is 0 Å². The van der Waals surface area contributed by atoms with Gasteiger partial charge in [0.2, 0.25) is 0 Å². The zero-order valence-electron chi connectivity index (χ0n) is 16.5. The van der Waals surface area contributed by atoms with Crippen LogP contribution in [0, 0.1) is 52.2 Å². The Hall–Kier alpha value is -0.930. The monoisotopic (exact) mass is 367 g/mol. The van der Waals surface area contributed by atoms with E-state index in [0.717, 1.165) is 61.2 Å². The predicted molar refractivity (Wildman–Crippen MR) is 106 cm³/mol. The van der Waals surface area contributed by atoms with E-state index in [-0.39, 0.29) is 12.2 Å². The first-order valence-electron chi connectivity index (χ1n) is 11.4. The van der Waals surface area contributed by atoms with Crippen molar-refractivity contribution >= 4 is 5.71 Å². The number of aliphatic hydroxyl groups is 1. The molecule has 4 saturated carbocycles. The van der Waals surface area contributed by atoms with Crippen LogP contribution in [0.3, 0.4) is 0 Å². The summed E-state index contributed by atoms with van der Waals surface area (Å²) in [5.41, 5.74) is 2.57. The van der Waals surface area contributed by atoms with Crippen LogP contribution < -0.4 is 0 Å². The van der Waals surface area contributed by atoms with E-state index in [1.165, 1.54) is 31.3 Å². The van der Waals surface area contributed by atoms with Crippen LogP contribution in [-0.2, 0) is 4.74 Å². The molecule has 0 aromatic carbocycles. The summed E-state index contributed by atoms with van der Waals surface area (Å²) in [5, 5.41) is 18.4. The predicted octanol–water partition coefficient (Wildman–Crippen LogP) is 4.37. The number of ether oxygens (including phenoxy) is 1. The Kier molecular flexibility index (Phi) is 3.50. The van der Waals surface area contributed by atoms with Gasteiger partial charge in [-0.1, -0.05) is 24.6 Å². The van der Waals surface area contributed by atoms with Crippen LogP contribution in [0.2, 0.25) is 0 Å². The number of aliphatic hydroxyl groups excluding tert-OH is 1. The fourth-order valence-corrected chi connectivity index (χ4v) is 9.03. The molecule has 7 unspecified atom stereocenters. The highest BCUT2D eigenvalue weighted by Crippen LogP contribution is 2.78. The fourth-order valence-electron chi connectivity index (χ4n) is 9.03. The normalized spacial score (nSPS) is 55.0. The SMILES string of the molecule is CC[C@]12CCC3C4CCC(=N)C=C4[C@H](CO)CC3C1C1CC1C21C=CCO1. The third kappa shape index (κ3) is 1.93. The number of hydrogen-bond acceptors (Lipinski definition) is 3. The van der Waals surface area contributed by atoms with Crippen LogP contribution in [0.5, 0.6) is 0 Å². The minimum atomic E-state index is 0.0293. The summed E-state index contributed by atoms with van der Waals surface area (Å²) in [6.45, 7) is 3.48. The summed E-state index contributed by atoms with van der Waals surface area (Å²) in [4.78, 5) is 0. The maximum Gasteiger partial charge on any atom is 0.0957 e. The first kappa shape index (κ1) is 17.0. The molecule has 6 rings (SSSR count). The molecule has 0 aromatic rings. The molecule has 0 amide bonds. The second kappa shape index (κ2) is 5.57. The van der Waals surface area contributed by atoms with Crippen LogP contribution in [0.25, 0.3) is 0 Å². The van der Waals surface area contributed by atoms with Crippen LogP contribution in [0.1, 0.15) is 51.9 Å². The van der Waals surface area contributed by atoms with Gasteiger partial charge in [-0.05, 0) is 86.5 Å². The Morgan fingerprint density at radius 1 is 1.22 bits per heavy atom. The van der Waals surface area contributed by atoms with Crippen molar-refractivity contribution in [3.63, 3.8) is 0 Å². The fraction of sp³-hybridized carbons (Fsp3) is 0.792. The standard InChI is InChI=1S/C24H33NO2/c1-2-23-8-6-17-16-5-4-15(25)11-18(16)14(13-26)10-19(17)22(23)20-12-21(20)24(23)7-3-9-27-24/h3,7,11,14,16-17,19-22,25-26H,2,4-6,8-10,12-13H2,1H3/t14-,16?,17?,19?,20?,21?,22?,23-,24?/m0/s1. The highest BCUT2D eigenvalue weighted by molar-refractivity contribution is 5.94. The Morgan fingerprint density at radius 3 is 2.85 bits per heavy atom. The van der Waals surface area contributed by atoms with Crippen LogP contribution >= 0.6 is 0 Å². The molecule has 3 nitrogen and oxygen atoms in total. The summed E-state index contributed by atoms with van der Waals surface area (Å²) in [6, 6.07) is 0. The lowest BCUT2D eigenvalue weighted by Gasteiger charge is -2.59. The van der Waals surface area contributed by atoms with E-state index in [4.69, 9.17) is 10.1 Å². The average molecular weight is 368 g/mol. The smallest absolute Gasteiger partial charge is 0.0957 e. The molecule has 9 atom stereocenters. The van der Waals surface area contributed by atoms with E-state index in [1.807, 2.05) is 0 Å². The number of fused-ring (bicyclic) bond motifs is 9. The minimum absolute atomic E-state index is 0.0293. The second-order valence-corrected chi connectivity index (χ2v) is 10.3. The van der Waals surface area contributed by atoms with Gasteiger partial charge in [0.15, 0.2) is 0 Å². The molecule has 0 saturated heterocycles. The minimum Gasteiger partial charge on any atom is -0.396 e. The molecule has 5 aliphatic carbocycles. The van der Waals surface area contributed by atoms with E-state index >= 15 is 0 Å². The van der Waals surface area contributed by atoms with E-state index in [1.54, 1.807) is 0 Å². The van der Waals surface area contributed by atoms with E-state index in [9.17, 15) is 5.11 Å². The number of allylic oxidation sites excluding steroid dienone is 1. The third-order valence-electron chi connectivity index (χ3n) is 9.88. The summed E-state index contributed by atoms with van der Waals surface area (Å²) < 4.78 is 6.57. The van der Waals surface area contributed by atoms with Gasteiger partial charge in [0, 0.05) is 23.7 Å². The quantitative estimate of drug-likeness (QED) is 0.712. The molecule has 1 aliphatic heterocycles. The second-order valence-electron chi connectivity index (χ2n) is 10.3. The first-order chi connectivity index (χ1) is 13.1. The van der Waals surface area contributed by atoms with E-state index in [0.29, 0.717) is 17.3 Å². The Labute approximate surface area is 162 Å². The molecule has 1 heterocycles. The van der Waals surface area contributed by atoms with Crippen LogP contribution in [0.4, 0.5) is 0 Å². The van der Waals surface area contributed by atoms with Gasteiger partial charge in [-0.25, -0.2) is 0 Å². The van der Waals surface area contributed by atoms with Gasteiger partial charge in [-0.3, -0.25) is 0 Å². The summed E-state index contributed by atoms with van der Waals surface area (Å²) in [7, 11) is 0. The van der Waals surface area contributed by atoms with Crippen molar-refractivity contribution in [2.75, 3.05) is 13.2 Å². The molecule has 0 radical (unpaired) electrons. The molecular weight excluding hydrogens is 334 g/mol. The molecule has 27 heavy (non-hydrogen) atoms. The zero-order chi connectivity index (χ0) is 18.4. The molecule has 0 aromatic heterocycles. The van der Waals surface area contributed by atoms with Crippen molar-refractivity contribution in [2.24, 2.45) is 46.8 Å². The Bertz CT molecular complexity index is 741. The van der Waals surface area contributed by atoms with E-state index in [2.05, 4.69) is 25.2 Å². The largest absolute Gasteiger partial charge is 0.396 e. The van der Waals surface area contributed by atoms with Crippen molar-refractivity contribution in [3.8, 4) is 0 Å². The molecule has 6 aliphatic rings. The van der Waals surface area contributed by atoms with Gasteiger partial charge in [0.1, 0.15) is 0 Å². The Balaban J connectivity index is 1.42. The molecule has 2 N–H and O–H groups in total. The first-order valence-corrected chi connectivity index (χ1v) is 11.4. The summed E-state index contributed by atoms with van der Waals surface area (Å²) in [6.07, 6.45) is 15.4. The highest BCUT2D eigenvalue weighted by Gasteiger charge is 2.77. The molecule has 4 fully saturated rings.